The third-order valence-electron chi connectivity index (χ3n) is 4.99. The van der Waals surface area contributed by atoms with Crippen molar-refractivity contribution in [1.82, 2.24) is 9.78 Å². The maximum Gasteiger partial charge on any atom is 0.276 e. The summed E-state index contributed by atoms with van der Waals surface area (Å²) in [7, 11) is -1.51. The van der Waals surface area contributed by atoms with Gasteiger partial charge in [0, 0.05) is 15.7 Å². The highest BCUT2D eigenvalue weighted by Crippen LogP contribution is 2.31. The van der Waals surface area contributed by atoms with E-state index in [1.54, 1.807) is 30.0 Å². The van der Waals surface area contributed by atoms with Crippen molar-refractivity contribution in [1.29, 1.82) is 0 Å². The molecule has 1 aromatic heterocycles. The maximum absolute atomic E-state index is 12.8. The third-order valence-corrected chi connectivity index (χ3v) is 7.23. The molecule has 1 saturated heterocycles. The molecule has 1 aliphatic rings. The molecule has 1 N–H and O–H groups in total. The van der Waals surface area contributed by atoms with E-state index in [1.807, 2.05) is 36.4 Å². The highest BCUT2D eigenvalue weighted by molar-refractivity contribution is 9.10. The molecule has 156 valence electrons. The van der Waals surface area contributed by atoms with Gasteiger partial charge in [-0.25, -0.2) is 8.42 Å². The molecule has 4 rings (SSSR count). The Kier molecular flexibility index (Phi) is 5.66. The molecule has 0 unspecified atom stereocenters. The van der Waals surface area contributed by atoms with Crippen molar-refractivity contribution < 1.29 is 17.9 Å². The summed E-state index contributed by atoms with van der Waals surface area (Å²) >= 11 is 3.38. The van der Waals surface area contributed by atoms with Crippen LogP contribution in [0.4, 0.5) is 5.69 Å². The quantitative estimate of drug-likeness (QED) is 0.586. The molecule has 0 bridgehead atoms. The van der Waals surface area contributed by atoms with Gasteiger partial charge in [-0.3, -0.25) is 9.48 Å². The molecular weight excluding hydrogens is 470 g/mol. The van der Waals surface area contributed by atoms with Crippen LogP contribution in [0.1, 0.15) is 23.0 Å². The van der Waals surface area contributed by atoms with Gasteiger partial charge in [0.1, 0.15) is 5.75 Å². The van der Waals surface area contributed by atoms with Gasteiger partial charge < -0.3 is 10.1 Å². The second-order valence-electron chi connectivity index (χ2n) is 7.11. The lowest BCUT2D eigenvalue weighted by Crippen LogP contribution is -2.16. The third kappa shape index (κ3) is 4.41. The molecule has 30 heavy (non-hydrogen) atoms. The Morgan fingerprint density at radius 1 is 1.20 bits per heavy atom. The zero-order valence-electron chi connectivity index (χ0n) is 16.2. The van der Waals surface area contributed by atoms with Crippen LogP contribution in [0.5, 0.6) is 5.75 Å². The molecule has 7 nitrogen and oxygen atoms in total. The number of aromatic nitrogens is 2. The number of nitrogens with zero attached hydrogens (tertiary/aromatic N) is 2. The van der Waals surface area contributed by atoms with Crippen LogP contribution in [0.25, 0.3) is 11.3 Å². The lowest BCUT2D eigenvalue weighted by atomic mass is 10.1. The Morgan fingerprint density at radius 2 is 1.97 bits per heavy atom. The van der Waals surface area contributed by atoms with Gasteiger partial charge in [0.15, 0.2) is 15.5 Å². The Labute approximate surface area is 183 Å². The fraction of sp³-hybridized carbons (Fsp3) is 0.238. The Balaban J connectivity index is 1.70. The molecule has 1 fully saturated rings. The minimum atomic E-state index is -3.10. The minimum Gasteiger partial charge on any atom is -0.497 e. The number of carbonyl (C=O) groups excluding carboxylic acids is 1. The van der Waals surface area contributed by atoms with Gasteiger partial charge in [0.05, 0.1) is 30.4 Å². The number of hydrogen-bond donors (Lipinski definition) is 1. The van der Waals surface area contributed by atoms with Gasteiger partial charge in [-0.05, 0) is 55.0 Å². The monoisotopic (exact) mass is 489 g/mol. The summed E-state index contributed by atoms with van der Waals surface area (Å²) in [5.74, 6) is 0.493. The van der Waals surface area contributed by atoms with Crippen molar-refractivity contribution >= 4 is 37.4 Å². The van der Waals surface area contributed by atoms with Crippen LogP contribution in [0.2, 0.25) is 0 Å². The van der Waals surface area contributed by atoms with E-state index < -0.39 is 9.84 Å². The maximum atomic E-state index is 12.8. The van der Waals surface area contributed by atoms with E-state index in [-0.39, 0.29) is 29.1 Å². The first-order valence-electron chi connectivity index (χ1n) is 9.36. The van der Waals surface area contributed by atoms with Gasteiger partial charge in [-0.15, -0.1) is 0 Å². The molecule has 1 aliphatic heterocycles. The molecule has 9 heteroatoms. The molecule has 0 saturated carbocycles. The first kappa shape index (κ1) is 20.6. The van der Waals surface area contributed by atoms with Crippen molar-refractivity contribution in [3.8, 4) is 17.0 Å². The fourth-order valence-electron chi connectivity index (χ4n) is 3.49. The van der Waals surface area contributed by atoms with Crippen LogP contribution < -0.4 is 10.1 Å². The molecule has 0 aliphatic carbocycles. The van der Waals surface area contributed by atoms with E-state index in [4.69, 9.17) is 4.74 Å². The van der Waals surface area contributed by atoms with Crippen LogP contribution in [0, 0.1) is 0 Å². The number of amides is 1. The second-order valence-corrected chi connectivity index (χ2v) is 10.3. The zero-order chi connectivity index (χ0) is 21.3. The van der Waals surface area contributed by atoms with E-state index in [2.05, 4.69) is 26.3 Å². The van der Waals surface area contributed by atoms with Crippen molar-refractivity contribution in [3.05, 3.63) is 64.8 Å². The predicted octanol–water partition coefficient (Wildman–Crippen LogP) is 3.93. The SMILES string of the molecule is COc1ccc(-c2cc(C(=O)Nc3cccc(Br)c3)nn2[C@H]2CCS(=O)(=O)C2)cc1. The minimum absolute atomic E-state index is 0.0184. The number of halogens is 1. The number of anilines is 1. The molecule has 2 heterocycles. The van der Waals surface area contributed by atoms with Crippen LogP contribution in [-0.4, -0.2) is 42.7 Å². The first-order chi connectivity index (χ1) is 14.3. The number of nitrogens with one attached hydrogen (secondary N) is 1. The Bertz CT molecular complexity index is 1190. The van der Waals surface area contributed by atoms with Crippen LogP contribution in [0.3, 0.4) is 0 Å². The van der Waals surface area contributed by atoms with Gasteiger partial charge in [-0.1, -0.05) is 22.0 Å². The van der Waals surface area contributed by atoms with Crippen molar-refractivity contribution in [2.24, 2.45) is 0 Å². The molecule has 0 spiro atoms. The molecule has 2 aromatic carbocycles. The highest BCUT2D eigenvalue weighted by atomic mass is 79.9. The topological polar surface area (TPSA) is 90.3 Å². The highest BCUT2D eigenvalue weighted by Gasteiger charge is 2.32. The summed E-state index contributed by atoms with van der Waals surface area (Å²) in [6.45, 7) is 0. The number of carbonyl (C=O) groups is 1. The average molecular weight is 490 g/mol. The Morgan fingerprint density at radius 3 is 2.60 bits per heavy atom. The fourth-order valence-corrected chi connectivity index (χ4v) is 5.58. The van der Waals surface area contributed by atoms with E-state index >= 15 is 0 Å². The molecule has 3 aromatic rings. The van der Waals surface area contributed by atoms with E-state index in [1.165, 1.54) is 0 Å². The number of sulfone groups is 1. The average Bonchev–Trinajstić information content (AvgIpc) is 3.31. The summed E-state index contributed by atoms with van der Waals surface area (Å²) in [6.07, 6.45) is 0.472. The van der Waals surface area contributed by atoms with Crippen LogP contribution >= 0.6 is 15.9 Å². The largest absolute Gasteiger partial charge is 0.497 e. The predicted molar refractivity (Wildman–Crippen MR) is 119 cm³/mol. The van der Waals surface area contributed by atoms with Crippen molar-refractivity contribution in [3.63, 3.8) is 0 Å². The molecule has 1 atom stereocenters. The second kappa shape index (κ2) is 8.23. The normalized spacial score (nSPS) is 17.6. The van der Waals surface area contributed by atoms with Gasteiger partial charge >= 0.3 is 0 Å². The number of ether oxygens (including phenoxy) is 1. The smallest absolute Gasteiger partial charge is 0.276 e. The van der Waals surface area contributed by atoms with E-state index in [0.29, 0.717) is 23.6 Å². The summed E-state index contributed by atoms with van der Waals surface area (Å²) in [6, 6.07) is 16.0. The van der Waals surface area contributed by atoms with Crippen LogP contribution in [0.15, 0.2) is 59.1 Å². The molecule has 1 amide bonds. The number of methoxy groups -OCH3 is 1. The van der Waals surface area contributed by atoms with E-state index in [9.17, 15) is 13.2 Å². The lowest BCUT2D eigenvalue weighted by molar-refractivity contribution is 0.102. The zero-order valence-corrected chi connectivity index (χ0v) is 18.6. The first-order valence-corrected chi connectivity index (χ1v) is 12.0. The van der Waals surface area contributed by atoms with E-state index in [0.717, 1.165) is 10.0 Å². The van der Waals surface area contributed by atoms with Crippen molar-refractivity contribution in [2.45, 2.75) is 12.5 Å². The van der Waals surface area contributed by atoms with Gasteiger partial charge in [-0.2, -0.15) is 5.10 Å². The molecular formula is C21H20BrN3O4S. The number of rotatable bonds is 5. The summed E-state index contributed by atoms with van der Waals surface area (Å²) < 4.78 is 31.8. The lowest BCUT2D eigenvalue weighted by Gasteiger charge is -2.13. The van der Waals surface area contributed by atoms with Gasteiger partial charge in [0.25, 0.3) is 5.91 Å². The van der Waals surface area contributed by atoms with Gasteiger partial charge in [0.2, 0.25) is 0 Å². The molecule has 0 radical (unpaired) electrons. The Hall–Kier alpha value is -2.65. The standard InChI is InChI=1S/C21H20BrN3O4S/c1-29-18-7-5-14(6-8-18)20-12-19(21(26)23-16-4-2-3-15(22)11-16)24-25(20)17-9-10-30(27,28)13-17/h2-8,11-12,17H,9-10,13H2,1H3,(H,23,26)/t17-/m0/s1. The number of benzene rings is 2. The summed E-state index contributed by atoms with van der Waals surface area (Å²) in [5, 5.41) is 7.33. The summed E-state index contributed by atoms with van der Waals surface area (Å²) in [5.41, 5.74) is 2.39. The number of hydrogen-bond acceptors (Lipinski definition) is 5. The van der Waals surface area contributed by atoms with Crippen molar-refractivity contribution in [2.75, 3.05) is 23.9 Å². The summed E-state index contributed by atoms with van der Waals surface area (Å²) in [4.78, 5) is 12.8. The van der Waals surface area contributed by atoms with Crippen LogP contribution in [-0.2, 0) is 9.84 Å².